The van der Waals surface area contributed by atoms with Crippen molar-refractivity contribution in [2.45, 2.75) is 18.6 Å². The quantitative estimate of drug-likeness (QED) is 0.565. The van der Waals surface area contributed by atoms with Gasteiger partial charge in [0.1, 0.15) is 0 Å². The fourth-order valence-electron chi connectivity index (χ4n) is 3.74. The number of hydrogen-bond donors (Lipinski definition) is 4. The summed E-state index contributed by atoms with van der Waals surface area (Å²) >= 11 is 0. The van der Waals surface area contributed by atoms with Gasteiger partial charge in [-0.1, -0.05) is 36.4 Å². The van der Waals surface area contributed by atoms with Crippen LogP contribution in [-0.4, -0.2) is 21.7 Å². The first kappa shape index (κ1) is 14.6. The number of hydrazine groups is 2. The van der Waals surface area contributed by atoms with Crippen LogP contribution in [0.3, 0.4) is 0 Å². The minimum Gasteiger partial charge on any atom is -0.290 e. The lowest BCUT2D eigenvalue weighted by molar-refractivity contribution is -0.123. The summed E-state index contributed by atoms with van der Waals surface area (Å²) in [5.41, 5.74) is 16.4. The van der Waals surface area contributed by atoms with Gasteiger partial charge in [0.15, 0.2) is 0 Å². The van der Waals surface area contributed by atoms with Crippen LogP contribution in [0.4, 0.5) is 0 Å². The van der Waals surface area contributed by atoms with Crippen LogP contribution >= 0.6 is 0 Å². The molecule has 7 heteroatoms. The van der Waals surface area contributed by atoms with Crippen molar-refractivity contribution < 1.29 is 4.79 Å². The predicted molar refractivity (Wildman–Crippen MR) is 92.8 cm³/mol. The average molecular weight is 334 g/mol. The maximum Gasteiger partial charge on any atom is 0.240 e. The van der Waals surface area contributed by atoms with Crippen LogP contribution in [0.1, 0.15) is 18.0 Å². The van der Waals surface area contributed by atoms with Crippen LogP contribution in [0, 0.1) is 5.92 Å². The first-order chi connectivity index (χ1) is 12.3. The maximum absolute atomic E-state index is 12.1. The molecule has 3 atom stereocenters. The Morgan fingerprint density at radius 1 is 1.00 bits per heavy atom. The molecule has 2 saturated heterocycles. The number of fused-ring (bicyclic) bond motifs is 2. The minimum absolute atomic E-state index is 0.0120. The first-order valence-electron chi connectivity index (χ1n) is 8.40. The Labute approximate surface area is 144 Å². The van der Waals surface area contributed by atoms with E-state index in [1.165, 1.54) is 0 Å². The lowest BCUT2D eigenvalue weighted by Crippen LogP contribution is -2.56. The Bertz CT molecular complexity index is 937. The van der Waals surface area contributed by atoms with E-state index in [0.717, 1.165) is 22.3 Å². The number of rotatable bonds is 2. The largest absolute Gasteiger partial charge is 0.290 e. The summed E-state index contributed by atoms with van der Waals surface area (Å²) in [4.78, 5) is 12.1. The van der Waals surface area contributed by atoms with Crippen LogP contribution in [0.5, 0.6) is 0 Å². The number of hydrogen-bond acceptors (Lipinski definition) is 5. The zero-order valence-electron chi connectivity index (χ0n) is 13.4. The molecule has 126 valence electrons. The number of pyridine rings is 1. The number of carbonyl (C=O) groups is 1. The van der Waals surface area contributed by atoms with Crippen LogP contribution in [0.2, 0.25) is 0 Å². The summed E-state index contributed by atoms with van der Waals surface area (Å²) in [5, 5.41) is 4.80. The van der Waals surface area contributed by atoms with Crippen molar-refractivity contribution in [3.63, 3.8) is 0 Å². The number of amides is 1. The van der Waals surface area contributed by atoms with Gasteiger partial charge >= 0.3 is 0 Å². The molecule has 25 heavy (non-hydrogen) atoms. The zero-order chi connectivity index (χ0) is 16.8. The molecule has 2 aromatic heterocycles. The van der Waals surface area contributed by atoms with Crippen molar-refractivity contribution in [2.24, 2.45) is 5.92 Å². The van der Waals surface area contributed by atoms with Gasteiger partial charge in [0.2, 0.25) is 5.91 Å². The van der Waals surface area contributed by atoms with E-state index in [-0.39, 0.29) is 24.0 Å². The van der Waals surface area contributed by atoms with Gasteiger partial charge < -0.3 is 0 Å². The summed E-state index contributed by atoms with van der Waals surface area (Å²) in [6.07, 6.45) is 2.56. The van der Waals surface area contributed by atoms with E-state index in [0.29, 0.717) is 6.42 Å². The fourth-order valence-corrected chi connectivity index (χ4v) is 3.74. The highest BCUT2D eigenvalue weighted by Gasteiger charge is 2.41. The molecule has 2 aliphatic heterocycles. The SMILES string of the molecule is O=C1NNC2NNC(c3c(-c4ccccc4)nn4ccccc34)CC12. The molecule has 3 unspecified atom stereocenters. The molecule has 7 nitrogen and oxygen atoms in total. The zero-order valence-corrected chi connectivity index (χ0v) is 13.4. The second-order valence-corrected chi connectivity index (χ2v) is 6.45. The van der Waals surface area contributed by atoms with Crippen LogP contribution < -0.4 is 21.7 Å². The van der Waals surface area contributed by atoms with Crippen molar-refractivity contribution in [3.8, 4) is 11.3 Å². The number of benzene rings is 1. The Morgan fingerprint density at radius 3 is 2.72 bits per heavy atom. The Morgan fingerprint density at radius 2 is 1.84 bits per heavy atom. The third-order valence-electron chi connectivity index (χ3n) is 4.97. The highest BCUT2D eigenvalue weighted by Crippen LogP contribution is 2.36. The topological polar surface area (TPSA) is 82.5 Å². The average Bonchev–Trinajstić information content (AvgIpc) is 3.23. The number of nitrogens with one attached hydrogen (secondary N) is 4. The van der Waals surface area contributed by atoms with Crippen molar-refractivity contribution in [1.82, 2.24) is 31.3 Å². The van der Waals surface area contributed by atoms with Gasteiger partial charge in [-0.2, -0.15) is 5.10 Å². The molecule has 0 aliphatic carbocycles. The number of carbonyl (C=O) groups excluding carboxylic acids is 1. The fraction of sp³-hybridized carbons (Fsp3) is 0.222. The smallest absolute Gasteiger partial charge is 0.240 e. The normalized spacial score (nSPS) is 25.8. The van der Waals surface area contributed by atoms with E-state index >= 15 is 0 Å². The molecule has 1 aromatic carbocycles. The van der Waals surface area contributed by atoms with Crippen LogP contribution in [-0.2, 0) is 4.79 Å². The van der Waals surface area contributed by atoms with E-state index in [9.17, 15) is 4.79 Å². The molecule has 0 bridgehead atoms. The summed E-state index contributed by atoms with van der Waals surface area (Å²) in [5.74, 6) is -0.0877. The van der Waals surface area contributed by atoms with Gasteiger partial charge in [0, 0.05) is 17.3 Å². The molecule has 4 heterocycles. The van der Waals surface area contributed by atoms with Crippen molar-refractivity contribution in [3.05, 3.63) is 60.3 Å². The number of aromatic nitrogens is 2. The lowest BCUT2D eigenvalue weighted by atomic mass is 9.89. The van der Waals surface area contributed by atoms with E-state index in [4.69, 9.17) is 5.10 Å². The van der Waals surface area contributed by atoms with E-state index < -0.39 is 0 Å². The van der Waals surface area contributed by atoms with E-state index in [1.807, 2.05) is 41.0 Å². The monoisotopic (exact) mass is 334 g/mol. The highest BCUT2D eigenvalue weighted by molar-refractivity contribution is 5.81. The predicted octanol–water partition coefficient (Wildman–Crippen LogP) is 1.12. The molecule has 0 spiro atoms. The minimum atomic E-state index is -0.117. The molecule has 0 radical (unpaired) electrons. The molecular weight excluding hydrogens is 316 g/mol. The van der Waals surface area contributed by atoms with Crippen LogP contribution in [0.15, 0.2) is 54.7 Å². The molecular formula is C18H18N6O. The molecule has 4 N–H and O–H groups in total. The first-order valence-corrected chi connectivity index (χ1v) is 8.40. The van der Waals surface area contributed by atoms with E-state index in [2.05, 4.69) is 39.9 Å². The highest BCUT2D eigenvalue weighted by atomic mass is 16.2. The third-order valence-corrected chi connectivity index (χ3v) is 4.97. The molecule has 1 amide bonds. The summed E-state index contributed by atoms with van der Waals surface area (Å²) in [6, 6.07) is 16.2. The van der Waals surface area contributed by atoms with Gasteiger partial charge in [0.05, 0.1) is 29.3 Å². The standard InChI is InChI=1S/C18H18N6O/c25-18-12-10-13(19-20-17(12)21-22-18)15-14-8-4-5-9-24(14)23-16(15)11-6-2-1-3-7-11/h1-9,12-13,17,19-21H,10H2,(H,22,25). The molecule has 2 aliphatic rings. The summed E-state index contributed by atoms with van der Waals surface area (Å²) in [6.45, 7) is 0. The lowest BCUT2D eigenvalue weighted by Gasteiger charge is -2.32. The van der Waals surface area contributed by atoms with Crippen molar-refractivity contribution in [2.75, 3.05) is 0 Å². The molecule has 0 saturated carbocycles. The Kier molecular flexibility index (Phi) is 3.30. The maximum atomic E-state index is 12.1. The van der Waals surface area contributed by atoms with E-state index in [1.54, 1.807) is 0 Å². The molecule has 3 aromatic rings. The van der Waals surface area contributed by atoms with Gasteiger partial charge in [-0.15, -0.1) is 0 Å². The van der Waals surface area contributed by atoms with Crippen molar-refractivity contribution >= 4 is 11.4 Å². The molecule has 5 rings (SSSR count). The summed E-state index contributed by atoms with van der Waals surface area (Å²) in [7, 11) is 0. The van der Waals surface area contributed by atoms with Gasteiger partial charge in [-0.05, 0) is 18.6 Å². The summed E-state index contributed by atoms with van der Waals surface area (Å²) < 4.78 is 1.90. The second-order valence-electron chi connectivity index (χ2n) is 6.45. The Hall–Kier alpha value is -2.74. The third kappa shape index (κ3) is 2.32. The van der Waals surface area contributed by atoms with Crippen molar-refractivity contribution in [1.29, 1.82) is 0 Å². The van der Waals surface area contributed by atoms with Gasteiger partial charge in [-0.3, -0.25) is 10.2 Å². The molecule has 2 fully saturated rings. The number of nitrogens with zero attached hydrogens (tertiary/aromatic N) is 2. The van der Waals surface area contributed by atoms with Crippen LogP contribution in [0.25, 0.3) is 16.8 Å². The van der Waals surface area contributed by atoms with Gasteiger partial charge in [0.25, 0.3) is 0 Å². The Balaban J connectivity index is 1.63. The second kappa shape index (κ2) is 5.66. The van der Waals surface area contributed by atoms with Gasteiger partial charge in [-0.25, -0.2) is 20.8 Å².